The molecule has 1 aromatic carbocycles. The summed E-state index contributed by atoms with van der Waals surface area (Å²) in [6.07, 6.45) is 0. The lowest BCUT2D eigenvalue weighted by Gasteiger charge is -2.00. The number of nitrogen functional groups attached to an aromatic ring is 1. The maximum atomic E-state index is 12.8. The van der Waals surface area contributed by atoms with Gasteiger partial charge in [0.05, 0.1) is 22.8 Å². The van der Waals surface area contributed by atoms with Gasteiger partial charge in [-0.2, -0.15) is 0 Å². The lowest BCUT2D eigenvalue weighted by Crippen LogP contribution is -1.96. The van der Waals surface area contributed by atoms with E-state index in [2.05, 4.69) is 11.8 Å². The molecule has 0 radical (unpaired) electrons. The van der Waals surface area contributed by atoms with Crippen LogP contribution in [-0.2, 0) is 0 Å². The van der Waals surface area contributed by atoms with Gasteiger partial charge < -0.3 is 11.5 Å². The third-order valence-electron chi connectivity index (χ3n) is 1.42. The molecule has 0 heterocycles. The van der Waals surface area contributed by atoms with Crippen molar-refractivity contribution < 1.29 is 4.39 Å². The zero-order chi connectivity index (χ0) is 9.84. The first-order valence-electron chi connectivity index (χ1n) is 3.58. The minimum Gasteiger partial charge on any atom is -0.397 e. The molecule has 0 amide bonds. The summed E-state index contributed by atoms with van der Waals surface area (Å²) in [5.74, 6) is 4.74. The van der Waals surface area contributed by atoms with Crippen LogP contribution in [0, 0.1) is 17.7 Å². The van der Waals surface area contributed by atoms with E-state index in [1.807, 2.05) is 0 Å². The summed E-state index contributed by atoms with van der Waals surface area (Å²) >= 11 is 5.63. The minimum atomic E-state index is -0.458. The van der Waals surface area contributed by atoms with E-state index in [-0.39, 0.29) is 17.3 Å². The van der Waals surface area contributed by atoms with Crippen LogP contribution in [0.5, 0.6) is 0 Å². The Morgan fingerprint density at radius 3 is 2.77 bits per heavy atom. The molecule has 0 aliphatic rings. The van der Waals surface area contributed by atoms with E-state index in [1.54, 1.807) is 0 Å². The van der Waals surface area contributed by atoms with E-state index in [1.165, 1.54) is 6.07 Å². The summed E-state index contributed by atoms with van der Waals surface area (Å²) in [6, 6.07) is 2.37. The number of hydrogen-bond acceptors (Lipinski definition) is 2. The van der Waals surface area contributed by atoms with Crippen LogP contribution in [0.2, 0.25) is 5.02 Å². The molecule has 0 unspecified atom stereocenters. The van der Waals surface area contributed by atoms with Gasteiger partial charge in [-0.05, 0) is 12.1 Å². The monoisotopic (exact) mass is 198 g/mol. The molecule has 0 aromatic heterocycles. The van der Waals surface area contributed by atoms with Crippen LogP contribution in [0.25, 0.3) is 0 Å². The number of hydrogen-bond donors (Lipinski definition) is 2. The summed E-state index contributed by atoms with van der Waals surface area (Å²) in [7, 11) is 0. The topological polar surface area (TPSA) is 52.0 Å². The quantitative estimate of drug-likeness (QED) is 0.489. The van der Waals surface area contributed by atoms with Crippen LogP contribution in [-0.4, -0.2) is 6.54 Å². The summed E-state index contributed by atoms with van der Waals surface area (Å²) in [5.41, 5.74) is 11.4. The second kappa shape index (κ2) is 4.13. The summed E-state index contributed by atoms with van der Waals surface area (Å²) < 4.78 is 12.8. The summed E-state index contributed by atoms with van der Waals surface area (Å²) in [6.45, 7) is 0.202. The predicted molar refractivity (Wildman–Crippen MR) is 51.8 cm³/mol. The molecule has 1 aromatic rings. The molecule has 0 fully saturated rings. The maximum absolute atomic E-state index is 12.8. The van der Waals surface area contributed by atoms with Crippen LogP contribution in [0.4, 0.5) is 10.1 Å². The molecule has 1 rings (SSSR count). The third kappa shape index (κ3) is 2.35. The van der Waals surface area contributed by atoms with Gasteiger partial charge >= 0.3 is 0 Å². The molecule has 0 atom stereocenters. The van der Waals surface area contributed by atoms with Crippen LogP contribution in [0.3, 0.4) is 0 Å². The van der Waals surface area contributed by atoms with Crippen molar-refractivity contribution in [1.82, 2.24) is 0 Å². The van der Waals surface area contributed by atoms with Gasteiger partial charge in [-0.25, -0.2) is 4.39 Å². The van der Waals surface area contributed by atoms with Crippen LogP contribution in [0.15, 0.2) is 12.1 Å². The van der Waals surface area contributed by atoms with Crippen molar-refractivity contribution in [2.45, 2.75) is 0 Å². The molecule has 0 bridgehead atoms. The average molecular weight is 199 g/mol. The molecule has 2 nitrogen and oxygen atoms in total. The molecule has 0 aliphatic carbocycles. The van der Waals surface area contributed by atoms with Gasteiger partial charge in [0.25, 0.3) is 0 Å². The number of benzene rings is 1. The molecule has 0 saturated carbocycles. The van der Waals surface area contributed by atoms with E-state index >= 15 is 0 Å². The first-order chi connectivity index (χ1) is 6.15. The van der Waals surface area contributed by atoms with Crippen molar-refractivity contribution in [1.29, 1.82) is 0 Å². The van der Waals surface area contributed by atoms with Crippen molar-refractivity contribution in [3.8, 4) is 11.8 Å². The predicted octanol–water partition coefficient (Wildman–Crippen LogP) is 1.37. The number of halogens is 2. The number of rotatable bonds is 0. The van der Waals surface area contributed by atoms with E-state index in [9.17, 15) is 4.39 Å². The largest absolute Gasteiger partial charge is 0.397 e. The Bertz CT molecular complexity index is 379. The minimum absolute atomic E-state index is 0.168. The summed E-state index contributed by atoms with van der Waals surface area (Å²) in [5, 5.41) is 0.168. The maximum Gasteiger partial charge on any atom is 0.126 e. The standard InChI is InChI=1S/C9H8ClFN2/c10-8-5-7(11)4-6(9(8)13)2-1-3-12/h4-5H,3,12-13H2. The Balaban J connectivity index is 3.20. The lowest BCUT2D eigenvalue weighted by molar-refractivity contribution is 0.628. The van der Waals surface area contributed by atoms with Gasteiger partial charge in [0.2, 0.25) is 0 Å². The Morgan fingerprint density at radius 2 is 2.15 bits per heavy atom. The second-order valence-corrected chi connectivity index (χ2v) is 2.76. The third-order valence-corrected chi connectivity index (χ3v) is 1.73. The molecular formula is C9H8ClFN2. The Morgan fingerprint density at radius 1 is 1.46 bits per heavy atom. The van der Waals surface area contributed by atoms with Gasteiger partial charge in [-0.3, -0.25) is 0 Å². The van der Waals surface area contributed by atoms with Gasteiger partial charge in [0.15, 0.2) is 0 Å². The molecule has 13 heavy (non-hydrogen) atoms. The first kappa shape index (κ1) is 9.85. The van der Waals surface area contributed by atoms with E-state index in [4.69, 9.17) is 23.1 Å². The fourth-order valence-corrected chi connectivity index (χ4v) is 1.04. The van der Waals surface area contributed by atoms with Gasteiger partial charge in [-0.15, -0.1) is 0 Å². The molecular weight excluding hydrogens is 191 g/mol. The second-order valence-electron chi connectivity index (χ2n) is 2.35. The van der Waals surface area contributed by atoms with Crippen LogP contribution >= 0.6 is 11.6 Å². The molecule has 0 saturated heterocycles. The summed E-state index contributed by atoms with van der Waals surface area (Å²) in [4.78, 5) is 0. The number of anilines is 1. The molecule has 4 heteroatoms. The highest BCUT2D eigenvalue weighted by molar-refractivity contribution is 6.33. The zero-order valence-electron chi connectivity index (χ0n) is 6.77. The Kier molecular flexibility index (Phi) is 3.13. The van der Waals surface area contributed by atoms with Gasteiger partial charge in [0.1, 0.15) is 5.82 Å². The van der Waals surface area contributed by atoms with Crippen molar-refractivity contribution in [3.63, 3.8) is 0 Å². The highest BCUT2D eigenvalue weighted by Crippen LogP contribution is 2.23. The van der Waals surface area contributed by atoms with E-state index in [0.717, 1.165) is 6.07 Å². The smallest absolute Gasteiger partial charge is 0.126 e. The number of nitrogens with two attached hydrogens (primary N) is 2. The first-order valence-corrected chi connectivity index (χ1v) is 3.96. The van der Waals surface area contributed by atoms with Gasteiger partial charge in [0, 0.05) is 0 Å². The van der Waals surface area contributed by atoms with Crippen molar-refractivity contribution >= 4 is 17.3 Å². The van der Waals surface area contributed by atoms with Gasteiger partial charge in [-0.1, -0.05) is 23.4 Å². The lowest BCUT2D eigenvalue weighted by atomic mass is 10.2. The Labute approximate surface area is 80.7 Å². The fraction of sp³-hybridized carbons (Fsp3) is 0.111. The average Bonchev–Trinajstić information content (AvgIpc) is 2.09. The normalized spacial score (nSPS) is 9.15. The SMILES string of the molecule is NCC#Cc1cc(F)cc(Cl)c1N. The Hall–Kier alpha value is -1.24. The molecule has 0 spiro atoms. The zero-order valence-corrected chi connectivity index (χ0v) is 7.53. The molecule has 68 valence electrons. The van der Waals surface area contributed by atoms with E-state index in [0.29, 0.717) is 5.56 Å². The van der Waals surface area contributed by atoms with Crippen LogP contribution < -0.4 is 11.5 Å². The van der Waals surface area contributed by atoms with E-state index < -0.39 is 5.82 Å². The highest BCUT2D eigenvalue weighted by Gasteiger charge is 2.03. The molecule has 0 aliphatic heterocycles. The van der Waals surface area contributed by atoms with Crippen molar-refractivity contribution in [2.75, 3.05) is 12.3 Å². The highest BCUT2D eigenvalue weighted by atomic mass is 35.5. The molecule has 4 N–H and O–H groups in total. The fourth-order valence-electron chi connectivity index (χ4n) is 0.834. The van der Waals surface area contributed by atoms with Crippen LogP contribution in [0.1, 0.15) is 5.56 Å². The van der Waals surface area contributed by atoms with Crippen molar-refractivity contribution in [3.05, 3.63) is 28.5 Å². The van der Waals surface area contributed by atoms with Crippen molar-refractivity contribution in [2.24, 2.45) is 5.73 Å².